The van der Waals surface area contributed by atoms with Crippen LogP contribution >= 0.6 is 0 Å². The van der Waals surface area contributed by atoms with Gasteiger partial charge < -0.3 is 20.1 Å². The Bertz CT molecular complexity index is 539. The van der Waals surface area contributed by atoms with E-state index in [2.05, 4.69) is 22.8 Å². The number of fused-ring (bicyclic) bond motifs is 1. The van der Waals surface area contributed by atoms with Gasteiger partial charge in [-0.1, -0.05) is 25.3 Å². The highest BCUT2D eigenvalue weighted by molar-refractivity contribution is 5.78. The van der Waals surface area contributed by atoms with Gasteiger partial charge in [0, 0.05) is 12.0 Å². The third kappa shape index (κ3) is 3.04. The van der Waals surface area contributed by atoms with E-state index < -0.39 is 0 Å². The fourth-order valence-electron chi connectivity index (χ4n) is 3.51. The molecule has 0 radical (unpaired) electrons. The zero-order valence-corrected chi connectivity index (χ0v) is 13.1. The number of likely N-dealkylation sites (N-methyl/N-ethyl adjacent to an activating group) is 1. The van der Waals surface area contributed by atoms with Crippen LogP contribution in [0.1, 0.15) is 37.7 Å². The molecular formula is C17H24N2O3. The van der Waals surface area contributed by atoms with Crippen LogP contribution in [0.3, 0.4) is 0 Å². The standard InChI is InChI=1S/C17H24N2O3/c1-18-10-16(20)19-11-17(7-3-2-4-8-17)13-5-6-14-15(9-13)22-12-21-14/h5-6,9,18H,2-4,7-8,10-12H2,1H3,(H,19,20). The van der Waals surface area contributed by atoms with Gasteiger partial charge in [0.25, 0.3) is 0 Å². The Morgan fingerprint density at radius 3 is 2.73 bits per heavy atom. The lowest BCUT2D eigenvalue weighted by molar-refractivity contribution is -0.120. The minimum absolute atomic E-state index is 0.0165. The smallest absolute Gasteiger partial charge is 0.233 e. The maximum atomic E-state index is 11.8. The molecule has 0 aromatic heterocycles. The van der Waals surface area contributed by atoms with Gasteiger partial charge in [-0.15, -0.1) is 0 Å². The first-order valence-corrected chi connectivity index (χ1v) is 8.05. The fraction of sp³-hybridized carbons (Fsp3) is 0.588. The van der Waals surface area contributed by atoms with Crippen molar-refractivity contribution in [2.75, 3.05) is 26.9 Å². The highest BCUT2D eigenvalue weighted by Gasteiger charge is 2.35. The maximum absolute atomic E-state index is 11.8. The summed E-state index contributed by atoms with van der Waals surface area (Å²) in [6, 6.07) is 6.21. The number of hydrogen-bond donors (Lipinski definition) is 2. The largest absolute Gasteiger partial charge is 0.454 e. The first-order chi connectivity index (χ1) is 10.7. The summed E-state index contributed by atoms with van der Waals surface area (Å²) in [6.45, 7) is 1.34. The molecule has 2 aliphatic rings. The summed E-state index contributed by atoms with van der Waals surface area (Å²) >= 11 is 0. The molecule has 0 bridgehead atoms. The minimum atomic E-state index is 0.0165. The molecule has 1 aromatic rings. The van der Waals surface area contributed by atoms with E-state index in [1.54, 1.807) is 7.05 Å². The molecule has 1 saturated carbocycles. The van der Waals surface area contributed by atoms with Crippen LogP contribution in [0.2, 0.25) is 0 Å². The first-order valence-electron chi connectivity index (χ1n) is 8.05. The first kappa shape index (κ1) is 15.2. The van der Waals surface area contributed by atoms with E-state index in [9.17, 15) is 4.79 Å². The fourth-order valence-corrected chi connectivity index (χ4v) is 3.51. The summed E-state index contributed by atoms with van der Waals surface area (Å²) in [5.74, 6) is 1.69. The molecule has 1 amide bonds. The van der Waals surface area contributed by atoms with Gasteiger partial charge in [-0.05, 0) is 37.6 Å². The lowest BCUT2D eigenvalue weighted by Gasteiger charge is -2.38. The Morgan fingerprint density at radius 2 is 1.95 bits per heavy atom. The summed E-state index contributed by atoms with van der Waals surface area (Å²) in [5.41, 5.74) is 1.27. The highest BCUT2D eigenvalue weighted by Crippen LogP contribution is 2.43. The molecular weight excluding hydrogens is 280 g/mol. The van der Waals surface area contributed by atoms with Crippen molar-refractivity contribution < 1.29 is 14.3 Å². The van der Waals surface area contributed by atoms with Crippen molar-refractivity contribution in [1.82, 2.24) is 10.6 Å². The van der Waals surface area contributed by atoms with Gasteiger partial charge in [0.05, 0.1) is 6.54 Å². The summed E-state index contributed by atoms with van der Waals surface area (Å²) in [5, 5.41) is 5.98. The lowest BCUT2D eigenvalue weighted by atomic mass is 9.69. The van der Waals surface area contributed by atoms with E-state index in [1.807, 2.05) is 6.07 Å². The monoisotopic (exact) mass is 304 g/mol. The Morgan fingerprint density at radius 1 is 1.18 bits per heavy atom. The number of hydrogen-bond acceptors (Lipinski definition) is 4. The number of carbonyl (C=O) groups is 1. The van der Waals surface area contributed by atoms with Crippen molar-refractivity contribution >= 4 is 5.91 Å². The summed E-state index contributed by atoms with van der Waals surface area (Å²) < 4.78 is 10.9. The maximum Gasteiger partial charge on any atom is 0.233 e. The van der Waals surface area contributed by atoms with Gasteiger partial charge in [-0.25, -0.2) is 0 Å². The average Bonchev–Trinajstić information content (AvgIpc) is 3.02. The molecule has 0 saturated heterocycles. The van der Waals surface area contributed by atoms with Gasteiger partial charge in [-0.2, -0.15) is 0 Å². The summed E-state index contributed by atoms with van der Waals surface area (Å²) in [7, 11) is 1.79. The number of amides is 1. The van der Waals surface area contributed by atoms with Crippen LogP contribution in [0.4, 0.5) is 0 Å². The Balaban J connectivity index is 1.80. The van der Waals surface area contributed by atoms with E-state index in [-0.39, 0.29) is 11.3 Å². The summed E-state index contributed by atoms with van der Waals surface area (Å²) in [4.78, 5) is 11.8. The number of rotatable bonds is 5. The number of carbonyl (C=O) groups excluding carboxylic acids is 1. The Hall–Kier alpha value is -1.75. The molecule has 0 atom stereocenters. The number of nitrogens with one attached hydrogen (secondary N) is 2. The van der Waals surface area contributed by atoms with Crippen molar-refractivity contribution in [3.63, 3.8) is 0 Å². The number of benzene rings is 1. The zero-order valence-electron chi connectivity index (χ0n) is 13.1. The second-order valence-corrected chi connectivity index (χ2v) is 6.22. The summed E-state index contributed by atoms with van der Waals surface area (Å²) in [6.07, 6.45) is 5.89. The molecule has 120 valence electrons. The van der Waals surface area contributed by atoms with Crippen LogP contribution in [-0.4, -0.2) is 32.8 Å². The van der Waals surface area contributed by atoms with E-state index in [4.69, 9.17) is 9.47 Å². The van der Waals surface area contributed by atoms with Crippen molar-refractivity contribution in [2.45, 2.75) is 37.5 Å². The molecule has 22 heavy (non-hydrogen) atoms. The highest BCUT2D eigenvalue weighted by atomic mass is 16.7. The molecule has 1 heterocycles. The second-order valence-electron chi connectivity index (χ2n) is 6.22. The topological polar surface area (TPSA) is 59.6 Å². The SMILES string of the molecule is CNCC(=O)NCC1(c2ccc3c(c2)OCO3)CCCCC1. The van der Waals surface area contributed by atoms with Crippen molar-refractivity contribution in [3.8, 4) is 11.5 Å². The molecule has 5 heteroatoms. The Labute approximate surface area is 131 Å². The van der Waals surface area contributed by atoms with E-state index in [0.29, 0.717) is 19.9 Å². The number of ether oxygens (including phenoxy) is 2. The van der Waals surface area contributed by atoms with Crippen molar-refractivity contribution in [2.24, 2.45) is 0 Å². The molecule has 5 nitrogen and oxygen atoms in total. The molecule has 3 rings (SSSR count). The van der Waals surface area contributed by atoms with Crippen LogP contribution in [0.5, 0.6) is 11.5 Å². The Kier molecular flexibility index (Phi) is 4.52. The molecule has 2 N–H and O–H groups in total. The predicted molar refractivity (Wildman–Crippen MR) is 84.3 cm³/mol. The molecule has 0 spiro atoms. The van der Waals surface area contributed by atoms with Crippen LogP contribution in [-0.2, 0) is 10.2 Å². The molecule has 0 unspecified atom stereocenters. The molecule has 1 aliphatic carbocycles. The van der Waals surface area contributed by atoms with Crippen molar-refractivity contribution in [1.29, 1.82) is 0 Å². The third-order valence-corrected chi connectivity index (χ3v) is 4.76. The lowest BCUT2D eigenvalue weighted by Crippen LogP contribution is -2.44. The van der Waals surface area contributed by atoms with Crippen LogP contribution < -0.4 is 20.1 Å². The van der Waals surface area contributed by atoms with E-state index >= 15 is 0 Å². The third-order valence-electron chi connectivity index (χ3n) is 4.76. The van der Waals surface area contributed by atoms with Gasteiger partial charge >= 0.3 is 0 Å². The molecule has 1 aromatic carbocycles. The van der Waals surface area contributed by atoms with Gasteiger partial charge in [0.15, 0.2) is 11.5 Å². The minimum Gasteiger partial charge on any atom is -0.454 e. The quantitative estimate of drug-likeness (QED) is 0.873. The van der Waals surface area contributed by atoms with Gasteiger partial charge in [0.2, 0.25) is 12.7 Å². The normalized spacial score (nSPS) is 19.0. The predicted octanol–water partition coefficient (Wildman–Crippen LogP) is 1.95. The molecule has 1 fully saturated rings. The van der Waals surface area contributed by atoms with Crippen LogP contribution in [0, 0.1) is 0 Å². The van der Waals surface area contributed by atoms with Gasteiger partial charge in [0.1, 0.15) is 0 Å². The molecule has 1 aliphatic heterocycles. The van der Waals surface area contributed by atoms with Crippen LogP contribution in [0.15, 0.2) is 18.2 Å². The van der Waals surface area contributed by atoms with Gasteiger partial charge in [-0.3, -0.25) is 4.79 Å². The average molecular weight is 304 g/mol. The van der Waals surface area contributed by atoms with Crippen LogP contribution in [0.25, 0.3) is 0 Å². The second kappa shape index (κ2) is 6.57. The zero-order chi connectivity index (χ0) is 15.4. The van der Waals surface area contributed by atoms with E-state index in [0.717, 1.165) is 24.3 Å². The van der Waals surface area contributed by atoms with E-state index in [1.165, 1.54) is 24.8 Å². The van der Waals surface area contributed by atoms with Crippen molar-refractivity contribution in [3.05, 3.63) is 23.8 Å².